The lowest BCUT2D eigenvalue weighted by atomic mass is 9.93. The number of fused-ring (bicyclic) bond motifs is 1. The molecule has 0 radical (unpaired) electrons. The van der Waals surface area contributed by atoms with E-state index in [-0.39, 0.29) is 5.54 Å². The van der Waals surface area contributed by atoms with E-state index >= 15 is 0 Å². The normalized spacial score (nSPS) is 12.4. The first-order valence-electron chi connectivity index (χ1n) is 5.82. The topological polar surface area (TPSA) is 17.0 Å². The third kappa shape index (κ3) is 1.85. The first-order chi connectivity index (χ1) is 7.88. The Morgan fingerprint density at radius 2 is 1.94 bits per heavy atom. The molecule has 0 aliphatic rings. The fourth-order valence-electron chi connectivity index (χ4n) is 2.31. The van der Waals surface area contributed by atoms with E-state index in [0.29, 0.717) is 0 Å². The fraction of sp³-hybridized carbons (Fsp3) is 0.429. The summed E-state index contributed by atoms with van der Waals surface area (Å²) in [5.41, 5.74) is 3.62. The molecule has 2 rings (SSSR count). The molecule has 1 heterocycles. The molecule has 92 valence electrons. The van der Waals surface area contributed by atoms with Gasteiger partial charge in [0.1, 0.15) is 0 Å². The van der Waals surface area contributed by atoms with Crippen LogP contribution in [0.2, 0.25) is 5.02 Å². The molecule has 0 aliphatic heterocycles. The van der Waals surface area contributed by atoms with Gasteiger partial charge in [-0.2, -0.15) is 0 Å². The fourth-order valence-corrected chi connectivity index (χ4v) is 2.46. The molecule has 17 heavy (non-hydrogen) atoms. The molecule has 0 saturated heterocycles. The summed E-state index contributed by atoms with van der Waals surface area (Å²) in [4.78, 5) is 0. The molecule has 1 aromatic carbocycles. The largest absolute Gasteiger partial charge is 0.350 e. The maximum absolute atomic E-state index is 6.19. The summed E-state index contributed by atoms with van der Waals surface area (Å²) in [7, 11) is 4.06. The summed E-state index contributed by atoms with van der Waals surface area (Å²) in [5, 5.41) is 5.45. The number of rotatable bonds is 2. The molecule has 0 atom stereocenters. The summed E-state index contributed by atoms with van der Waals surface area (Å²) >= 11 is 6.19. The highest BCUT2D eigenvalue weighted by Gasteiger charge is 2.23. The molecular weight excluding hydrogens is 232 g/mol. The van der Waals surface area contributed by atoms with E-state index in [0.717, 1.165) is 10.6 Å². The van der Waals surface area contributed by atoms with E-state index in [1.165, 1.54) is 16.5 Å². The smallest absolute Gasteiger partial charge is 0.0525 e. The van der Waals surface area contributed by atoms with Crippen LogP contribution in [0.5, 0.6) is 0 Å². The minimum Gasteiger partial charge on any atom is -0.350 e. The molecule has 3 heteroatoms. The van der Waals surface area contributed by atoms with Crippen molar-refractivity contribution in [2.45, 2.75) is 26.3 Å². The minimum atomic E-state index is -0.0419. The number of benzene rings is 1. The lowest BCUT2D eigenvalue weighted by Gasteiger charge is -2.23. The van der Waals surface area contributed by atoms with Gasteiger partial charge in [-0.1, -0.05) is 17.7 Å². The van der Waals surface area contributed by atoms with Crippen molar-refractivity contribution in [1.82, 2.24) is 9.88 Å². The van der Waals surface area contributed by atoms with E-state index in [4.69, 9.17) is 11.6 Å². The van der Waals surface area contributed by atoms with Crippen LogP contribution in [0.3, 0.4) is 0 Å². The summed E-state index contributed by atoms with van der Waals surface area (Å²) in [6.45, 7) is 6.44. The van der Waals surface area contributed by atoms with E-state index in [1.54, 1.807) is 0 Å². The van der Waals surface area contributed by atoms with Crippen LogP contribution in [-0.2, 0) is 12.6 Å². The van der Waals surface area contributed by atoms with Crippen molar-refractivity contribution in [2.24, 2.45) is 7.05 Å². The maximum Gasteiger partial charge on any atom is 0.0525 e. The Hall–Kier alpha value is -0.990. The van der Waals surface area contributed by atoms with Crippen LogP contribution in [0.1, 0.15) is 25.0 Å². The Morgan fingerprint density at radius 1 is 1.29 bits per heavy atom. The number of aryl methyl sites for hydroxylation is 2. The highest BCUT2D eigenvalue weighted by molar-refractivity contribution is 6.32. The third-order valence-corrected chi connectivity index (χ3v) is 4.04. The van der Waals surface area contributed by atoms with Gasteiger partial charge in [-0.25, -0.2) is 0 Å². The number of aromatic nitrogens is 1. The number of nitrogens with one attached hydrogen (secondary N) is 1. The molecule has 0 aliphatic carbocycles. The Morgan fingerprint density at radius 3 is 2.53 bits per heavy atom. The van der Waals surface area contributed by atoms with Crippen LogP contribution in [0, 0.1) is 6.92 Å². The average molecular weight is 251 g/mol. The van der Waals surface area contributed by atoms with Crippen molar-refractivity contribution < 1.29 is 0 Å². The minimum absolute atomic E-state index is 0.0419. The summed E-state index contributed by atoms with van der Waals surface area (Å²) in [6.07, 6.45) is 2.19. The summed E-state index contributed by atoms with van der Waals surface area (Å²) in [5.74, 6) is 0. The molecule has 0 bridgehead atoms. The van der Waals surface area contributed by atoms with Gasteiger partial charge in [-0.05, 0) is 45.0 Å². The van der Waals surface area contributed by atoms with Gasteiger partial charge in [0.2, 0.25) is 0 Å². The Balaban J connectivity index is 2.82. The van der Waals surface area contributed by atoms with Gasteiger partial charge in [0.25, 0.3) is 0 Å². The molecule has 2 aromatic rings. The van der Waals surface area contributed by atoms with Crippen LogP contribution < -0.4 is 5.32 Å². The highest BCUT2D eigenvalue weighted by Crippen LogP contribution is 2.33. The molecule has 2 nitrogen and oxygen atoms in total. The second-order valence-electron chi connectivity index (χ2n) is 5.10. The SMILES string of the molecule is CNC(C)(C)c1cn(C)c2c(C)c(Cl)ccc12. The van der Waals surface area contributed by atoms with Gasteiger partial charge < -0.3 is 9.88 Å². The van der Waals surface area contributed by atoms with E-state index in [1.807, 2.05) is 13.1 Å². The van der Waals surface area contributed by atoms with Crippen molar-refractivity contribution in [3.8, 4) is 0 Å². The van der Waals surface area contributed by atoms with Crippen molar-refractivity contribution in [1.29, 1.82) is 0 Å². The predicted molar refractivity (Wildman–Crippen MR) is 74.8 cm³/mol. The molecular formula is C14H19ClN2. The van der Waals surface area contributed by atoms with Gasteiger partial charge in [0, 0.05) is 29.2 Å². The lowest BCUT2D eigenvalue weighted by molar-refractivity contribution is 0.447. The van der Waals surface area contributed by atoms with E-state index in [9.17, 15) is 0 Å². The summed E-state index contributed by atoms with van der Waals surface area (Å²) in [6, 6.07) is 4.09. The average Bonchev–Trinajstić information content (AvgIpc) is 2.62. The predicted octanol–water partition coefficient (Wildman–Crippen LogP) is 3.59. The zero-order valence-corrected chi connectivity index (χ0v) is 11.8. The maximum atomic E-state index is 6.19. The van der Waals surface area contributed by atoms with Crippen LogP contribution in [0.4, 0.5) is 0 Å². The van der Waals surface area contributed by atoms with Gasteiger partial charge in [-0.15, -0.1) is 0 Å². The molecule has 0 fully saturated rings. The van der Waals surface area contributed by atoms with E-state index in [2.05, 4.69) is 50.0 Å². The van der Waals surface area contributed by atoms with Crippen LogP contribution in [0.25, 0.3) is 10.9 Å². The van der Waals surface area contributed by atoms with Gasteiger partial charge in [-0.3, -0.25) is 0 Å². The first-order valence-corrected chi connectivity index (χ1v) is 6.20. The van der Waals surface area contributed by atoms with Crippen molar-refractivity contribution in [2.75, 3.05) is 7.05 Å². The van der Waals surface area contributed by atoms with Gasteiger partial charge in [0.05, 0.1) is 5.52 Å². The zero-order valence-electron chi connectivity index (χ0n) is 11.1. The van der Waals surface area contributed by atoms with Gasteiger partial charge in [0.15, 0.2) is 0 Å². The van der Waals surface area contributed by atoms with E-state index < -0.39 is 0 Å². The highest BCUT2D eigenvalue weighted by atomic mass is 35.5. The standard InChI is InChI=1S/C14H19ClN2/c1-9-12(15)7-6-10-11(14(2,3)16-4)8-17(5)13(9)10/h6-8,16H,1-5H3. The number of halogens is 1. The number of nitrogens with zero attached hydrogens (tertiary/aromatic N) is 1. The molecule has 0 spiro atoms. The van der Waals surface area contributed by atoms with Crippen LogP contribution in [0.15, 0.2) is 18.3 Å². The van der Waals surface area contributed by atoms with Crippen LogP contribution in [-0.4, -0.2) is 11.6 Å². The Bertz CT molecular complexity index is 567. The lowest BCUT2D eigenvalue weighted by Crippen LogP contribution is -2.32. The monoisotopic (exact) mass is 250 g/mol. The van der Waals surface area contributed by atoms with Crippen molar-refractivity contribution in [3.05, 3.63) is 34.5 Å². The zero-order chi connectivity index (χ0) is 12.8. The number of hydrogen-bond acceptors (Lipinski definition) is 1. The Kier molecular flexibility index (Phi) is 2.96. The van der Waals surface area contributed by atoms with Crippen molar-refractivity contribution >= 4 is 22.5 Å². The third-order valence-electron chi connectivity index (χ3n) is 3.63. The molecule has 1 aromatic heterocycles. The van der Waals surface area contributed by atoms with Crippen LogP contribution >= 0.6 is 11.6 Å². The second kappa shape index (κ2) is 4.04. The molecule has 0 amide bonds. The summed E-state index contributed by atoms with van der Waals surface area (Å²) < 4.78 is 2.16. The molecule has 1 N–H and O–H groups in total. The van der Waals surface area contributed by atoms with Crippen molar-refractivity contribution in [3.63, 3.8) is 0 Å². The molecule has 0 unspecified atom stereocenters. The van der Waals surface area contributed by atoms with Gasteiger partial charge >= 0.3 is 0 Å². The number of hydrogen-bond donors (Lipinski definition) is 1. The second-order valence-corrected chi connectivity index (χ2v) is 5.50. The quantitative estimate of drug-likeness (QED) is 0.862. The Labute approximate surface area is 108 Å². The first kappa shape index (κ1) is 12.5. The molecule has 0 saturated carbocycles.